The van der Waals surface area contributed by atoms with Gasteiger partial charge in [0, 0.05) is 0 Å². The minimum Gasteiger partial charge on any atom is -0.494 e. The maximum Gasteiger partial charge on any atom is 0.345 e. The summed E-state index contributed by atoms with van der Waals surface area (Å²) < 4.78 is 22.4. The van der Waals surface area contributed by atoms with Gasteiger partial charge in [-0.25, -0.2) is 4.79 Å². The molecule has 0 radical (unpaired) electrons. The highest BCUT2D eigenvalue weighted by molar-refractivity contribution is 9.11. The fraction of sp³-hybridized carbons (Fsp3) is 0.235. The molecule has 0 aromatic heterocycles. The Morgan fingerprint density at radius 1 is 0.917 bits per heavy atom. The first kappa shape index (κ1) is 18.6. The Bertz CT molecular complexity index is 701. The van der Waals surface area contributed by atoms with Crippen LogP contribution in [0.3, 0.4) is 0 Å². The van der Waals surface area contributed by atoms with Gasteiger partial charge in [-0.2, -0.15) is 0 Å². The average molecular weight is 460 g/mol. The number of benzene rings is 2. The number of rotatable bonds is 6. The van der Waals surface area contributed by atoms with Gasteiger partial charge in [0.05, 0.1) is 21.3 Å². The number of carbonyl (C=O) groups is 1. The van der Waals surface area contributed by atoms with Crippen molar-refractivity contribution in [3.8, 4) is 17.2 Å². The third-order valence-corrected chi connectivity index (χ3v) is 4.72. The van der Waals surface area contributed by atoms with Gasteiger partial charge < -0.3 is 18.9 Å². The van der Waals surface area contributed by atoms with Crippen LogP contribution in [0, 0.1) is 0 Å². The zero-order valence-electron chi connectivity index (χ0n) is 13.4. The van der Waals surface area contributed by atoms with Gasteiger partial charge >= 0.3 is 5.97 Å². The van der Waals surface area contributed by atoms with Crippen LogP contribution in [-0.2, 0) is 11.3 Å². The third kappa shape index (κ3) is 3.67. The van der Waals surface area contributed by atoms with Crippen LogP contribution in [0.1, 0.15) is 15.9 Å². The summed E-state index contributed by atoms with van der Waals surface area (Å²) in [6.45, 7) is 0.349. The standard InChI is InChI=1S/C17H16Br2O5/c1-21-14-11(17(20)23-3)15(22-2)13(19)16(12(14)18)24-9-10-7-5-4-6-8-10/h4-8H,9H2,1-3H3. The summed E-state index contributed by atoms with van der Waals surface area (Å²) in [5.74, 6) is 0.467. The van der Waals surface area contributed by atoms with Crippen LogP contribution >= 0.6 is 31.9 Å². The number of esters is 1. The molecule has 0 amide bonds. The van der Waals surface area contributed by atoms with Crippen molar-refractivity contribution in [2.75, 3.05) is 21.3 Å². The van der Waals surface area contributed by atoms with E-state index in [1.807, 2.05) is 30.3 Å². The summed E-state index contributed by atoms with van der Waals surface area (Å²) in [6, 6.07) is 9.72. The zero-order valence-corrected chi connectivity index (χ0v) is 16.6. The predicted molar refractivity (Wildman–Crippen MR) is 97.1 cm³/mol. The maximum absolute atomic E-state index is 12.1. The Balaban J connectivity index is 2.50. The molecule has 0 aliphatic rings. The second kappa shape index (κ2) is 8.39. The van der Waals surface area contributed by atoms with Crippen LogP contribution in [0.5, 0.6) is 17.2 Å². The number of halogens is 2. The van der Waals surface area contributed by atoms with Crippen molar-refractivity contribution in [2.45, 2.75) is 6.61 Å². The van der Waals surface area contributed by atoms with E-state index in [0.717, 1.165) is 5.56 Å². The number of carbonyl (C=O) groups excluding carboxylic acids is 1. The molecule has 5 nitrogen and oxygen atoms in total. The van der Waals surface area contributed by atoms with Crippen molar-refractivity contribution in [3.63, 3.8) is 0 Å². The molecule has 2 rings (SSSR count). The summed E-state index contributed by atoms with van der Waals surface area (Å²) in [5, 5.41) is 0. The Kier molecular flexibility index (Phi) is 6.51. The van der Waals surface area contributed by atoms with E-state index in [1.165, 1.54) is 21.3 Å². The van der Waals surface area contributed by atoms with Crippen LogP contribution in [0.2, 0.25) is 0 Å². The van der Waals surface area contributed by atoms with Crippen LogP contribution in [0.4, 0.5) is 0 Å². The quantitative estimate of drug-likeness (QED) is 0.591. The van der Waals surface area contributed by atoms with Gasteiger partial charge in [-0.3, -0.25) is 0 Å². The van der Waals surface area contributed by atoms with Gasteiger partial charge in [0.2, 0.25) is 0 Å². The number of methoxy groups -OCH3 is 3. The van der Waals surface area contributed by atoms with Crippen molar-refractivity contribution in [3.05, 3.63) is 50.4 Å². The minimum absolute atomic E-state index is 0.174. The summed E-state index contributed by atoms with van der Waals surface area (Å²) in [6.07, 6.45) is 0. The molecule has 0 aliphatic heterocycles. The topological polar surface area (TPSA) is 54.0 Å². The number of hydrogen-bond acceptors (Lipinski definition) is 5. The molecule has 0 bridgehead atoms. The smallest absolute Gasteiger partial charge is 0.345 e. The molecule has 2 aromatic carbocycles. The first-order chi connectivity index (χ1) is 11.5. The van der Waals surface area contributed by atoms with Crippen molar-refractivity contribution >= 4 is 37.8 Å². The highest BCUT2D eigenvalue weighted by atomic mass is 79.9. The van der Waals surface area contributed by atoms with Gasteiger partial charge in [-0.1, -0.05) is 30.3 Å². The molecule has 128 valence electrons. The van der Waals surface area contributed by atoms with Crippen LogP contribution in [0.15, 0.2) is 39.3 Å². The van der Waals surface area contributed by atoms with E-state index in [2.05, 4.69) is 31.9 Å². The first-order valence-electron chi connectivity index (χ1n) is 6.93. The van der Waals surface area contributed by atoms with Crippen molar-refractivity contribution in [1.29, 1.82) is 0 Å². The lowest BCUT2D eigenvalue weighted by atomic mass is 10.1. The molecule has 0 heterocycles. The molecular formula is C17H16Br2O5. The molecule has 24 heavy (non-hydrogen) atoms. The number of ether oxygens (including phenoxy) is 4. The molecule has 2 aromatic rings. The van der Waals surface area contributed by atoms with Crippen molar-refractivity contribution in [2.24, 2.45) is 0 Å². The molecular weight excluding hydrogens is 444 g/mol. The maximum atomic E-state index is 12.1. The van der Waals surface area contributed by atoms with E-state index in [4.69, 9.17) is 18.9 Å². The Morgan fingerprint density at radius 3 is 1.92 bits per heavy atom. The predicted octanol–water partition coefficient (Wildman–Crippen LogP) is 4.59. The molecule has 0 N–H and O–H groups in total. The highest BCUT2D eigenvalue weighted by Gasteiger charge is 2.29. The summed E-state index contributed by atoms with van der Waals surface area (Å²) in [4.78, 5) is 12.1. The highest BCUT2D eigenvalue weighted by Crippen LogP contribution is 2.49. The normalized spacial score (nSPS) is 10.2. The zero-order chi connectivity index (χ0) is 17.7. The van der Waals surface area contributed by atoms with Crippen molar-refractivity contribution < 1.29 is 23.7 Å². The average Bonchev–Trinajstić information content (AvgIpc) is 2.61. The minimum atomic E-state index is -0.570. The van der Waals surface area contributed by atoms with Gasteiger partial charge in [0.1, 0.15) is 21.1 Å². The summed E-state index contributed by atoms with van der Waals surface area (Å²) in [5.41, 5.74) is 1.18. The molecule has 0 saturated carbocycles. The van der Waals surface area contributed by atoms with E-state index >= 15 is 0 Å². The van der Waals surface area contributed by atoms with Gasteiger partial charge in [0.15, 0.2) is 17.2 Å². The largest absolute Gasteiger partial charge is 0.494 e. The summed E-state index contributed by atoms with van der Waals surface area (Å²) in [7, 11) is 4.21. The lowest BCUT2D eigenvalue weighted by molar-refractivity contribution is 0.0592. The number of hydrogen-bond donors (Lipinski definition) is 0. The second-order valence-corrected chi connectivity index (χ2v) is 6.25. The third-order valence-electron chi connectivity index (χ3n) is 3.28. The Hall–Kier alpha value is -1.73. The van der Waals surface area contributed by atoms with E-state index in [-0.39, 0.29) is 17.1 Å². The molecule has 7 heteroatoms. The van der Waals surface area contributed by atoms with Crippen LogP contribution < -0.4 is 14.2 Å². The Labute approximate surface area is 157 Å². The molecule has 0 spiro atoms. The monoisotopic (exact) mass is 458 g/mol. The van der Waals surface area contributed by atoms with Crippen LogP contribution in [0.25, 0.3) is 0 Å². The molecule has 0 fully saturated rings. The first-order valence-corrected chi connectivity index (χ1v) is 8.51. The van der Waals surface area contributed by atoms with Crippen LogP contribution in [-0.4, -0.2) is 27.3 Å². The van der Waals surface area contributed by atoms with Gasteiger partial charge in [0.25, 0.3) is 0 Å². The van der Waals surface area contributed by atoms with Gasteiger partial charge in [-0.15, -0.1) is 0 Å². The fourth-order valence-corrected chi connectivity index (χ4v) is 3.76. The molecule has 0 aliphatic carbocycles. The van der Waals surface area contributed by atoms with E-state index in [9.17, 15) is 4.79 Å². The van der Waals surface area contributed by atoms with E-state index in [0.29, 0.717) is 21.3 Å². The van der Waals surface area contributed by atoms with Crippen molar-refractivity contribution in [1.82, 2.24) is 0 Å². The lowest BCUT2D eigenvalue weighted by Crippen LogP contribution is -2.09. The molecule has 0 unspecified atom stereocenters. The van der Waals surface area contributed by atoms with Gasteiger partial charge in [-0.05, 0) is 37.4 Å². The lowest BCUT2D eigenvalue weighted by Gasteiger charge is -2.19. The molecule has 0 saturated heterocycles. The SMILES string of the molecule is COC(=O)c1c(OC)c(Br)c(OCc2ccccc2)c(Br)c1OC. The van der Waals surface area contributed by atoms with E-state index < -0.39 is 5.97 Å². The molecule has 0 atom stereocenters. The van der Waals surface area contributed by atoms with E-state index in [1.54, 1.807) is 0 Å². The summed E-state index contributed by atoms with van der Waals surface area (Å²) >= 11 is 6.87. The fourth-order valence-electron chi connectivity index (χ4n) is 2.15. The second-order valence-electron chi connectivity index (χ2n) is 4.66. The Morgan fingerprint density at radius 2 is 1.46 bits per heavy atom.